The van der Waals surface area contributed by atoms with E-state index in [1.54, 1.807) is 22.6 Å². The highest BCUT2D eigenvalue weighted by molar-refractivity contribution is 14.1. The lowest BCUT2D eigenvalue weighted by Crippen LogP contribution is -2.28. The average molecular weight is 380 g/mol. The van der Waals surface area contributed by atoms with Crippen LogP contribution in [0.3, 0.4) is 0 Å². The Morgan fingerprint density at radius 3 is 2.53 bits per heavy atom. The second-order valence-corrected chi connectivity index (χ2v) is 5.94. The van der Waals surface area contributed by atoms with Crippen LogP contribution in [0.15, 0.2) is 12.1 Å². The highest BCUT2D eigenvalue weighted by Gasteiger charge is 2.26. The van der Waals surface area contributed by atoms with Gasteiger partial charge in [0.05, 0.1) is 3.57 Å². The molecule has 0 bridgehead atoms. The molecule has 0 saturated heterocycles. The Morgan fingerprint density at radius 2 is 2.00 bits per heavy atom. The molecule has 6 heteroatoms. The summed E-state index contributed by atoms with van der Waals surface area (Å²) in [5.74, 6) is -1.43. The van der Waals surface area contributed by atoms with Crippen molar-refractivity contribution >= 4 is 34.2 Å². The molecule has 0 aromatic heterocycles. The highest BCUT2D eigenvalue weighted by atomic mass is 127. The maximum Gasteiger partial charge on any atom is 0.224 e. The highest BCUT2D eigenvalue weighted by Crippen LogP contribution is 2.27. The van der Waals surface area contributed by atoms with E-state index in [9.17, 15) is 13.6 Å². The van der Waals surface area contributed by atoms with Gasteiger partial charge in [0.1, 0.15) is 11.6 Å². The van der Waals surface area contributed by atoms with Crippen LogP contribution in [-0.2, 0) is 4.79 Å². The van der Waals surface area contributed by atoms with Crippen molar-refractivity contribution in [2.45, 2.75) is 31.7 Å². The summed E-state index contributed by atoms with van der Waals surface area (Å²) in [6, 6.07) is 2.30. The molecule has 0 radical (unpaired) electrons. The minimum Gasteiger partial charge on any atom is -0.327 e. The van der Waals surface area contributed by atoms with E-state index in [1.807, 2.05) is 0 Å². The van der Waals surface area contributed by atoms with Gasteiger partial charge in [-0.1, -0.05) is 6.42 Å². The van der Waals surface area contributed by atoms with Gasteiger partial charge in [0, 0.05) is 18.2 Å². The normalized spacial score (nSPS) is 22.5. The van der Waals surface area contributed by atoms with Crippen LogP contribution in [0, 0.1) is 21.1 Å². The van der Waals surface area contributed by atoms with Crippen molar-refractivity contribution in [3.8, 4) is 0 Å². The van der Waals surface area contributed by atoms with Gasteiger partial charge < -0.3 is 11.1 Å². The molecule has 1 aromatic carbocycles. The fourth-order valence-electron chi connectivity index (χ4n) is 2.40. The number of carbonyl (C=O) groups excluding carboxylic acids is 1. The molecule has 1 fully saturated rings. The van der Waals surface area contributed by atoms with Crippen molar-refractivity contribution < 1.29 is 13.6 Å². The third-order valence-electron chi connectivity index (χ3n) is 3.43. The number of amides is 1. The fraction of sp³-hybridized carbons (Fsp3) is 0.462. The lowest BCUT2D eigenvalue weighted by molar-refractivity contribution is -0.117. The first-order valence-corrected chi connectivity index (χ1v) is 7.25. The first-order chi connectivity index (χ1) is 8.97. The van der Waals surface area contributed by atoms with E-state index in [-0.39, 0.29) is 27.1 Å². The van der Waals surface area contributed by atoms with Gasteiger partial charge in [-0.05, 0) is 53.5 Å². The lowest BCUT2D eigenvalue weighted by atomic mass is 10.00. The average Bonchev–Trinajstić information content (AvgIpc) is 2.72. The number of hydrogen-bond donors (Lipinski definition) is 2. The second-order valence-electron chi connectivity index (χ2n) is 4.86. The Labute approximate surface area is 124 Å². The van der Waals surface area contributed by atoms with Crippen molar-refractivity contribution in [1.82, 2.24) is 0 Å². The fourth-order valence-corrected chi connectivity index (χ4v) is 2.71. The predicted octanol–water partition coefficient (Wildman–Crippen LogP) is 3.03. The molecule has 2 rings (SSSR count). The number of benzene rings is 1. The molecule has 0 spiro atoms. The van der Waals surface area contributed by atoms with Crippen LogP contribution in [0.25, 0.3) is 0 Å². The molecule has 0 heterocycles. The summed E-state index contributed by atoms with van der Waals surface area (Å²) < 4.78 is 26.6. The molecule has 2 atom stereocenters. The van der Waals surface area contributed by atoms with E-state index < -0.39 is 11.6 Å². The van der Waals surface area contributed by atoms with Crippen molar-refractivity contribution in [2.24, 2.45) is 11.7 Å². The van der Waals surface area contributed by atoms with Gasteiger partial charge in [-0.15, -0.1) is 0 Å². The van der Waals surface area contributed by atoms with Crippen LogP contribution >= 0.6 is 22.6 Å². The minimum absolute atomic E-state index is 0.0518. The number of nitrogens with one attached hydrogen (secondary N) is 1. The van der Waals surface area contributed by atoms with Crippen LogP contribution < -0.4 is 11.1 Å². The van der Waals surface area contributed by atoms with Crippen molar-refractivity contribution in [2.75, 3.05) is 5.32 Å². The van der Waals surface area contributed by atoms with Crippen LogP contribution in [0.2, 0.25) is 0 Å². The summed E-state index contributed by atoms with van der Waals surface area (Å²) in [5, 5.41) is 2.52. The van der Waals surface area contributed by atoms with Gasteiger partial charge in [0.2, 0.25) is 5.91 Å². The standard InChI is InChI=1S/C13H15F2IN2O/c14-9-5-8(6-10(15)13(9)16)18-12(19)4-7-2-1-3-11(7)17/h5-7,11H,1-4,17H2,(H,18,19)/t7-,11+/m0/s1. The van der Waals surface area contributed by atoms with Crippen molar-refractivity contribution in [1.29, 1.82) is 0 Å². The third kappa shape index (κ3) is 3.62. The zero-order valence-electron chi connectivity index (χ0n) is 10.3. The maximum atomic E-state index is 13.3. The van der Waals surface area contributed by atoms with Crippen molar-refractivity contribution in [3.63, 3.8) is 0 Å². The van der Waals surface area contributed by atoms with E-state index >= 15 is 0 Å². The topological polar surface area (TPSA) is 55.1 Å². The van der Waals surface area contributed by atoms with Crippen LogP contribution in [0.5, 0.6) is 0 Å². The quantitative estimate of drug-likeness (QED) is 0.626. The van der Waals surface area contributed by atoms with Gasteiger partial charge in [0.15, 0.2) is 0 Å². The summed E-state index contributed by atoms with van der Waals surface area (Å²) in [6.07, 6.45) is 3.21. The summed E-state index contributed by atoms with van der Waals surface area (Å²) >= 11 is 1.58. The summed E-state index contributed by atoms with van der Waals surface area (Å²) in [7, 11) is 0. The number of nitrogens with two attached hydrogens (primary N) is 1. The molecular weight excluding hydrogens is 365 g/mol. The first kappa shape index (κ1) is 14.6. The summed E-state index contributed by atoms with van der Waals surface area (Å²) in [4.78, 5) is 11.8. The van der Waals surface area contributed by atoms with Gasteiger partial charge in [-0.25, -0.2) is 8.78 Å². The van der Waals surface area contributed by atoms with Gasteiger partial charge in [-0.3, -0.25) is 4.79 Å². The number of anilines is 1. The maximum absolute atomic E-state index is 13.3. The van der Waals surface area contributed by atoms with E-state index in [2.05, 4.69) is 5.32 Å². The van der Waals surface area contributed by atoms with Gasteiger partial charge in [0.25, 0.3) is 0 Å². The Bertz CT molecular complexity index is 473. The summed E-state index contributed by atoms with van der Waals surface area (Å²) in [5.41, 5.74) is 6.03. The summed E-state index contributed by atoms with van der Waals surface area (Å²) in [6.45, 7) is 0. The lowest BCUT2D eigenvalue weighted by Gasteiger charge is -2.15. The molecule has 19 heavy (non-hydrogen) atoms. The Kier molecular flexibility index (Phi) is 4.72. The zero-order valence-corrected chi connectivity index (χ0v) is 12.4. The number of rotatable bonds is 3. The molecule has 1 aromatic rings. The van der Waals surface area contributed by atoms with E-state index in [4.69, 9.17) is 5.73 Å². The van der Waals surface area contributed by atoms with Crippen LogP contribution in [0.4, 0.5) is 14.5 Å². The van der Waals surface area contributed by atoms with E-state index in [0.29, 0.717) is 6.42 Å². The molecule has 1 saturated carbocycles. The molecular formula is C13H15F2IN2O. The molecule has 1 amide bonds. The second kappa shape index (κ2) is 6.13. The van der Waals surface area contributed by atoms with E-state index in [1.165, 1.54) is 0 Å². The molecule has 104 valence electrons. The first-order valence-electron chi connectivity index (χ1n) is 6.17. The molecule has 1 aliphatic rings. The predicted molar refractivity (Wildman–Crippen MR) is 77.6 cm³/mol. The molecule has 0 aliphatic heterocycles. The number of carbonyl (C=O) groups is 1. The molecule has 0 unspecified atom stereocenters. The van der Waals surface area contributed by atoms with E-state index in [0.717, 1.165) is 31.4 Å². The zero-order chi connectivity index (χ0) is 14.0. The van der Waals surface area contributed by atoms with Crippen molar-refractivity contribution in [3.05, 3.63) is 27.3 Å². The largest absolute Gasteiger partial charge is 0.327 e. The monoisotopic (exact) mass is 380 g/mol. The SMILES string of the molecule is N[C@@H]1CCC[C@H]1CC(=O)Nc1cc(F)c(I)c(F)c1. The van der Waals surface area contributed by atoms with Gasteiger partial charge >= 0.3 is 0 Å². The molecule has 3 N–H and O–H groups in total. The minimum atomic E-state index is -0.673. The Hall–Kier alpha value is -0.760. The van der Waals surface area contributed by atoms with Gasteiger partial charge in [-0.2, -0.15) is 0 Å². The Morgan fingerprint density at radius 1 is 1.37 bits per heavy atom. The molecule has 3 nitrogen and oxygen atoms in total. The number of halogens is 3. The van der Waals surface area contributed by atoms with Crippen LogP contribution in [-0.4, -0.2) is 11.9 Å². The smallest absolute Gasteiger partial charge is 0.224 e. The third-order valence-corrected chi connectivity index (χ3v) is 4.46. The Balaban J connectivity index is 1.99. The molecule has 1 aliphatic carbocycles. The van der Waals surface area contributed by atoms with Crippen LogP contribution in [0.1, 0.15) is 25.7 Å². The number of hydrogen-bond acceptors (Lipinski definition) is 2.